The van der Waals surface area contributed by atoms with E-state index in [-0.39, 0.29) is 17.5 Å². The maximum absolute atomic E-state index is 10.1. The molecule has 4 heteroatoms. The highest BCUT2D eigenvalue weighted by molar-refractivity contribution is 5.87. The molecule has 0 saturated heterocycles. The lowest BCUT2D eigenvalue weighted by Crippen LogP contribution is -2.41. The molecular formula is C47H38N4. The Labute approximate surface area is 300 Å². The predicted molar refractivity (Wildman–Crippen MR) is 209 cm³/mol. The van der Waals surface area contributed by atoms with Crippen LogP contribution < -0.4 is 9.80 Å². The van der Waals surface area contributed by atoms with Crippen LogP contribution in [0.15, 0.2) is 175 Å². The van der Waals surface area contributed by atoms with Crippen LogP contribution in [0.2, 0.25) is 0 Å². The van der Waals surface area contributed by atoms with Gasteiger partial charge >= 0.3 is 0 Å². The summed E-state index contributed by atoms with van der Waals surface area (Å²) in [7, 11) is 0. The van der Waals surface area contributed by atoms with Crippen molar-refractivity contribution in [3.8, 4) is 23.3 Å². The molecule has 2 heterocycles. The van der Waals surface area contributed by atoms with E-state index in [1.54, 1.807) is 0 Å². The summed E-state index contributed by atoms with van der Waals surface area (Å²) in [6.07, 6.45) is 22.7. The van der Waals surface area contributed by atoms with Gasteiger partial charge in [0, 0.05) is 45.6 Å². The third kappa shape index (κ3) is 5.66. The van der Waals surface area contributed by atoms with Gasteiger partial charge < -0.3 is 9.80 Å². The van der Waals surface area contributed by atoms with Gasteiger partial charge in [-0.15, -0.1) is 0 Å². The number of para-hydroxylation sites is 2. The fourth-order valence-corrected chi connectivity index (χ4v) is 8.05. The fraction of sp³-hybridized carbons (Fsp3) is 0.149. The molecule has 4 aromatic carbocycles. The molecule has 2 aliphatic carbocycles. The van der Waals surface area contributed by atoms with Gasteiger partial charge in [0.25, 0.3) is 0 Å². The minimum atomic E-state index is -0.174. The van der Waals surface area contributed by atoms with Crippen LogP contribution >= 0.6 is 0 Å². The molecule has 0 aromatic heterocycles. The summed E-state index contributed by atoms with van der Waals surface area (Å²) in [5.74, 6) is 0. The fourth-order valence-electron chi connectivity index (χ4n) is 8.05. The van der Waals surface area contributed by atoms with Crippen LogP contribution in [-0.4, -0.2) is 12.1 Å². The molecule has 4 nitrogen and oxygen atoms in total. The third-order valence-corrected chi connectivity index (χ3v) is 10.6. The average Bonchev–Trinajstić information content (AvgIpc) is 3.29. The van der Waals surface area contributed by atoms with E-state index in [4.69, 9.17) is 0 Å². The van der Waals surface area contributed by atoms with E-state index in [1.165, 1.54) is 16.8 Å². The van der Waals surface area contributed by atoms with Gasteiger partial charge in [0.2, 0.25) is 0 Å². The lowest BCUT2D eigenvalue weighted by Gasteiger charge is -2.36. The van der Waals surface area contributed by atoms with E-state index in [2.05, 4.69) is 181 Å². The summed E-state index contributed by atoms with van der Waals surface area (Å²) in [4.78, 5) is 4.75. The maximum atomic E-state index is 10.1. The number of hydrogen-bond donors (Lipinski definition) is 0. The van der Waals surface area contributed by atoms with Crippen molar-refractivity contribution in [2.75, 3.05) is 9.80 Å². The van der Waals surface area contributed by atoms with Gasteiger partial charge in [-0.3, -0.25) is 0 Å². The van der Waals surface area contributed by atoms with Crippen LogP contribution in [0.1, 0.15) is 37.0 Å². The quantitative estimate of drug-likeness (QED) is 0.219. The van der Waals surface area contributed by atoms with Crippen LogP contribution in [-0.2, 0) is 11.8 Å². The SMILES string of the molecule is CC1/C=C(C#N)\C=C/Cc2ccccc2N1c1ccc(-c2ccc(C3=C(N4c5ccccc5C5(C)C=CC=CC45)C=C(C#N)CC=C3)cc2)cc1. The minimum absolute atomic E-state index is 0.0139. The molecule has 0 amide bonds. The summed E-state index contributed by atoms with van der Waals surface area (Å²) in [6, 6.07) is 39.5. The van der Waals surface area contributed by atoms with Crippen LogP contribution in [0.4, 0.5) is 17.1 Å². The van der Waals surface area contributed by atoms with Crippen molar-refractivity contribution in [3.05, 3.63) is 191 Å². The van der Waals surface area contributed by atoms with E-state index in [9.17, 15) is 10.5 Å². The Morgan fingerprint density at radius 1 is 0.706 bits per heavy atom. The highest BCUT2D eigenvalue weighted by atomic mass is 15.2. The second-order valence-electron chi connectivity index (χ2n) is 13.7. The van der Waals surface area contributed by atoms with Crippen LogP contribution in [0.5, 0.6) is 0 Å². The van der Waals surface area contributed by atoms with E-state index in [1.807, 2.05) is 12.2 Å². The van der Waals surface area contributed by atoms with Gasteiger partial charge in [-0.2, -0.15) is 10.5 Å². The first-order valence-electron chi connectivity index (χ1n) is 17.6. The molecule has 0 fully saturated rings. The number of benzene rings is 4. The number of allylic oxidation sites excluding steroid dienone is 10. The van der Waals surface area contributed by atoms with Gasteiger partial charge in [-0.05, 0) is 90.6 Å². The second kappa shape index (κ2) is 13.2. The molecule has 0 radical (unpaired) electrons. The molecule has 0 saturated carbocycles. The standard InChI is InChI=1S/C47H38N4/c1-33-29-34(31-48)11-9-14-39-13-3-5-17-43(39)50(33)40-26-24-37(25-27-40)36-20-22-38(23-21-36)41-15-10-12-35(32-49)30-45(41)51-44-18-6-4-16-42(44)47(2)28-8-7-19-46(47)51/h3-11,13,15-30,33,46H,12,14H2,1-2H3/b11-9-,34-29+. The summed E-state index contributed by atoms with van der Waals surface area (Å²) in [6.45, 7) is 4.45. The Bertz CT molecular complexity index is 2310. The average molecular weight is 659 g/mol. The molecule has 3 atom stereocenters. The Balaban J connectivity index is 1.16. The molecule has 0 spiro atoms. The monoisotopic (exact) mass is 658 g/mol. The van der Waals surface area contributed by atoms with Crippen LogP contribution in [0.3, 0.4) is 0 Å². The van der Waals surface area contributed by atoms with Crippen molar-refractivity contribution in [1.82, 2.24) is 0 Å². The van der Waals surface area contributed by atoms with Gasteiger partial charge in [-0.1, -0.05) is 115 Å². The van der Waals surface area contributed by atoms with Crippen LogP contribution in [0.25, 0.3) is 16.7 Å². The Morgan fingerprint density at radius 3 is 2.16 bits per heavy atom. The number of nitrogens with zero attached hydrogens (tertiary/aromatic N) is 4. The number of anilines is 3. The lowest BCUT2D eigenvalue weighted by atomic mass is 9.76. The van der Waals surface area contributed by atoms with Crippen molar-refractivity contribution >= 4 is 22.6 Å². The van der Waals surface area contributed by atoms with Gasteiger partial charge in [0.15, 0.2) is 0 Å². The molecule has 4 aromatic rings. The Hall–Kier alpha value is -6.36. The number of nitriles is 2. The van der Waals surface area contributed by atoms with Crippen molar-refractivity contribution in [2.45, 2.75) is 44.2 Å². The summed E-state index contributed by atoms with van der Waals surface area (Å²) < 4.78 is 0. The summed E-state index contributed by atoms with van der Waals surface area (Å²) >= 11 is 0. The van der Waals surface area contributed by atoms with Crippen LogP contribution in [0, 0.1) is 22.7 Å². The first-order chi connectivity index (χ1) is 25.0. The highest BCUT2D eigenvalue weighted by Crippen LogP contribution is 2.51. The van der Waals surface area contributed by atoms with Gasteiger partial charge in [-0.25, -0.2) is 0 Å². The summed E-state index contributed by atoms with van der Waals surface area (Å²) in [5.41, 5.74) is 12.7. The zero-order valence-corrected chi connectivity index (χ0v) is 28.9. The predicted octanol–water partition coefficient (Wildman–Crippen LogP) is 10.8. The second-order valence-corrected chi connectivity index (χ2v) is 13.7. The van der Waals surface area contributed by atoms with Gasteiger partial charge in [0.05, 0.1) is 29.9 Å². The lowest BCUT2D eigenvalue weighted by molar-refractivity contribution is 0.545. The topological polar surface area (TPSA) is 54.1 Å². The molecule has 246 valence electrons. The first kappa shape index (κ1) is 31.9. The zero-order chi connectivity index (χ0) is 35.0. The van der Waals surface area contributed by atoms with E-state index in [0.29, 0.717) is 12.0 Å². The van der Waals surface area contributed by atoms with Crippen molar-refractivity contribution in [3.63, 3.8) is 0 Å². The molecule has 0 bridgehead atoms. The van der Waals surface area contributed by atoms with E-state index >= 15 is 0 Å². The van der Waals surface area contributed by atoms with Crippen molar-refractivity contribution in [1.29, 1.82) is 10.5 Å². The molecule has 4 aliphatic rings. The molecule has 0 N–H and O–H groups in total. The van der Waals surface area contributed by atoms with E-state index in [0.717, 1.165) is 51.3 Å². The smallest absolute Gasteiger partial charge is 0.0988 e. The van der Waals surface area contributed by atoms with Crippen molar-refractivity contribution in [2.24, 2.45) is 0 Å². The largest absolute Gasteiger partial charge is 0.334 e. The molecule has 51 heavy (non-hydrogen) atoms. The Morgan fingerprint density at radius 2 is 1.39 bits per heavy atom. The molecule has 8 rings (SSSR count). The highest BCUT2D eigenvalue weighted by Gasteiger charge is 2.47. The Kier molecular flexibility index (Phi) is 8.23. The molecule has 2 aliphatic heterocycles. The zero-order valence-electron chi connectivity index (χ0n) is 28.9. The maximum Gasteiger partial charge on any atom is 0.0988 e. The molecule has 3 unspecified atom stereocenters. The number of fused-ring (bicyclic) bond motifs is 4. The number of hydrogen-bond acceptors (Lipinski definition) is 4. The van der Waals surface area contributed by atoms with Crippen molar-refractivity contribution < 1.29 is 0 Å². The summed E-state index contributed by atoms with van der Waals surface area (Å²) in [5, 5.41) is 19.8. The minimum Gasteiger partial charge on any atom is -0.334 e. The third-order valence-electron chi connectivity index (χ3n) is 10.6. The normalized spacial score (nSPS) is 23.6. The molecular weight excluding hydrogens is 621 g/mol. The first-order valence-corrected chi connectivity index (χ1v) is 17.6. The number of rotatable bonds is 4. The van der Waals surface area contributed by atoms with E-state index < -0.39 is 0 Å². The van der Waals surface area contributed by atoms with Gasteiger partial charge in [0.1, 0.15) is 0 Å².